The van der Waals surface area contributed by atoms with Crippen LogP contribution in [0.2, 0.25) is 0 Å². The van der Waals surface area contributed by atoms with Crippen molar-refractivity contribution in [2.75, 3.05) is 7.05 Å². The van der Waals surface area contributed by atoms with Crippen molar-refractivity contribution in [1.29, 1.82) is 0 Å². The fourth-order valence-electron chi connectivity index (χ4n) is 1.53. The summed E-state index contributed by atoms with van der Waals surface area (Å²) in [4.78, 5) is 11.7. The Hall–Kier alpha value is -1.72. The van der Waals surface area contributed by atoms with Crippen LogP contribution < -0.4 is 10.1 Å². The van der Waals surface area contributed by atoms with Crippen LogP contribution in [-0.2, 0) is 10.2 Å². The van der Waals surface area contributed by atoms with Crippen LogP contribution in [0.15, 0.2) is 24.3 Å². The lowest BCUT2D eigenvalue weighted by atomic mass is 9.83. The van der Waals surface area contributed by atoms with Crippen LogP contribution in [0, 0.1) is 0 Å². The van der Waals surface area contributed by atoms with Gasteiger partial charge in [-0.1, -0.05) is 12.1 Å². The molecule has 0 radical (unpaired) electrons. The predicted octanol–water partition coefficient (Wildman–Crippen LogP) is 2.61. The average molecular weight is 261 g/mol. The Morgan fingerprint density at radius 2 is 1.89 bits per heavy atom. The molecule has 1 amide bonds. The first-order valence-corrected chi connectivity index (χ1v) is 5.25. The molecule has 0 saturated carbocycles. The Labute approximate surface area is 103 Å². The molecule has 0 unspecified atom stereocenters. The minimum Gasteiger partial charge on any atom is -0.406 e. The summed E-state index contributed by atoms with van der Waals surface area (Å²) in [5, 5.41) is 2.47. The molecule has 0 heterocycles. The van der Waals surface area contributed by atoms with Crippen LogP contribution in [0.3, 0.4) is 0 Å². The number of ether oxygens (including phenoxy) is 1. The van der Waals surface area contributed by atoms with Gasteiger partial charge in [0.2, 0.25) is 5.91 Å². The van der Waals surface area contributed by atoms with E-state index in [0.29, 0.717) is 5.56 Å². The maximum Gasteiger partial charge on any atom is 0.573 e. The van der Waals surface area contributed by atoms with Crippen LogP contribution in [0.1, 0.15) is 19.4 Å². The van der Waals surface area contributed by atoms with E-state index >= 15 is 0 Å². The standard InChI is InChI=1S/C12H14F3NO2/c1-11(2,10(17)16-3)8-5-4-6-9(7-8)18-12(13,14)15/h4-7H,1-3H3,(H,16,17). The second kappa shape index (κ2) is 4.88. The summed E-state index contributed by atoms with van der Waals surface area (Å²) < 4.78 is 40.1. The maximum absolute atomic E-state index is 12.1. The number of carbonyl (C=O) groups is 1. The molecular weight excluding hydrogens is 247 g/mol. The van der Waals surface area contributed by atoms with Crippen molar-refractivity contribution in [1.82, 2.24) is 5.32 Å². The van der Waals surface area contributed by atoms with Crippen molar-refractivity contribution >= 4 is 5.91 Å². The van der Waals surface area contributed by atoms with E-state index in [9.17, 15) is 18.0 Å². The smallest absolute Gasteiger partial charge is 0.406 e. The minimum absolute atomic E-state index is 0.286. The Bertz CT molecular complexity index is 441. The molecule has 1 N–H and O–H groups in total. The molecule has 100 valence electrons. The zero-order valence-corrected chi connectivity index (χ0v) is 10.3. The van der Waals surface area contributed by atoms with Crippen LogP contribution in [-0.4, -0.2) is 19.3 Å². The molecule has 0 spiro atoms. The summed E-state index contributed by atoms with van der Waals surface area (Å²) >= 11 is 0. The van der Waals surface area contributed by atoms with Crippen molar-refractivity contribution in [2.45, 2.75) is 25.6 Å². The summed E-state index contributed by atoms with van der Waals surface area (Å²) in [6, 6.07) is 5.40. The highest BCUT2D eigenvalue weighted by Crippen LogP contribution is 2.29. The number of rotatable bonds is 3. The topological polar surface area (TPSA) is 38.3 Å². The Balaban J connectivity index is 3.05. The summed E-state index contributed by atoms with van der Waals surface area (Å²) in [7, 11) is 1.47. The van der Waals surface area contributed by atoms with Gasteiger partial charge in [-0.15, -0.1) is 13.2 Å². The highest BCUT2D eigenvalue weighted by Gasteiger charge is 2.33. The third-order valence-corrected chi connectivity index (χ3v) is 2.58. The molecular formula is C12H14F3NO2. The van der Waals surface area contributed by atoms with Gasteiger partial charge >= 0.3 is 6.36 Å². The van der Waals surface area contributed by atoms with Crippen molar-refractivity contribution in [2.24, 2.45) is 0 Å². The van der Waals surface area contributed by atoms with Crippen molar-refractivity contribution in [3.63, 3.8) is 0 Å². The molecule has 1 rings (SSSR count). The first kappa shape index (κ1) is 14.3. The number of carbonyl (C=O) groups excluding carboxylic acids is 1. The minimum atomic E-state index is -4.74. The number of benzene rings is 1. The Morgan fingerprint density at radius 1 is 1.28 bits per heavy atom. The van der Waals surface area contributed by atoms with Crippen LogP contribution >= 0.6 is 0 Å². The fourth-order valence-corrected chi connectivity index (χ4v) is 1.53. The highest BCUT2D eigenvalue weighted by atomic mass is 19.4. The molecule has 0 atom stereocenters. The second-order valence-electron chi connectivity index (χ2n) is 4.28. The Kier molecular flexibility index (Phi) is 3.88. The summed E-state index contributed by atoms with van der Waals surface area (Å²) in [6.07, 6.45) is -4.74. The van der Waals surface area contributed by atoms with Gasteiger partial charge in [0.25, 0.3) is 0 Å². The molecule has 0 bridgehead atoms. The summed E-state index contributed by atoms with van der Waals surface area (Å²) in [5.41, 5.74) is -0.483. The van der Waals surface area contributed by atoms with E-state index in [0.717, 1.165) is 0 Å². The second-order valence-corrected chi connectivity index (χ2v) is 4.28. The van der Waals surface area contributed by atoms with Gasteiger partial charge in [0.1, 0.15) is 5.75 Å². The molecule has 0 aliphatic rings. The molecule has 0 aromatic heterocycles. The quantitative estimate of drug-likeness (QED) is 0.908. The Morgan fingerprint density at radius 3 is 2.39 bits per heavy atom. The van der Waals surface area contributed by atoms with Crippen molar-refractivity contribution in [3.8, 4) is 5.75 Å². The van der Waals surface area contributed by atoms with E-state index in [1.54, 1.807) is 19.9 Å². The van der Waals surface area contributed by atoms with Crippen LogP contribution in [0.5, 0.6) is 5.75 Å². The van der Waals surface area contributed by atoms with Crippen LogP contribution in [0.25, 0.3) is 0 Å². The fraction of sp³-hybridized carbons (Fsp3) is 0.417. The number of nitrogens with one attached hydrogen (secondary N) is 1. The average Bonchev–Trinajstić information content (AvgIpc) is 2.26. The van der Waals surface area contributed by atoms with E-state index in [4.69, 9.17) is 0 Å². The van der Waals surface area contributed by atoms with Crippen molar-refractivity contribution < 1.29 is 22.7 Å². The number of likely N-dealkylation sites (N-methyl/N-ethyl adjacent to an activating group) is 1. The molecule has 0 saturated heterocycles. The monoisotopic (exact) mass is 261 g/mol. The first-order valence-electron chi connectivity index (χ1n) is 5.25. The molecule has 1 aromatic rings. The van der Waals surface area contributed by atoms with Gasteiger partial charge in [-0.2, -0.15) is 0 Å². The number of hydrogen-bond donors (Lipinski definition) is 1. The zero-order valence-electron chi connectivity index (χ0n) is 10.3. The summed E-state index contributed by atoms with van der Waals surface area (Å²) in [5.74, 6) is -0.622. The normalized spacial score (nSPS) is 12.1. The zero-order chi connectivity index (χ0) is 14.0. The molecule has 3 nitrogen and oxygen atoms in total. The maximum atomic E-state index is 12.1. The lowest BCUT2D eigenvalue weighted by molar-refractivity contribution is -0.274. The SMILES string of the molecule is CNC(=O)C(C)(C)c1cccc(OC(F)(F)F)c1. The molecule has 0 aliphatic carbocycles. The molecule has 18 heavy (non-hydrogen) atoms. The third-order valence-electron chi connectivity index (χ3n) is 2.58. The van der Waals surface area contributed by atoms with Gasteiger partial charge in [0.05, 0.1) is 5.41 Å². The number of alkyl halides is 3. The van der Waals surface area contributed by atoms with E-state index in [2.05, 4.69) is 10.1 Å². The number of amides is 1. The highest BCUT2D eigenvalue weighted by molar-refractivity contribution is 5.87. The van der Waals surface area contributed by atoms with Gasteiger partial charge < -0.3 is 10.1 Å². The predicted molar refractivity (Wildman–Crippen MR) is 60.2 cm³/mol. The number of halogens is 3. The largest absolute Gasteiger partial charge is 0.573 e. The van der Waals surface area contributed by atoms with Gasteiger partial charge in [-0.05, 0) is 31.5 Å². The summed E-state index contributed by atoms with van der Waals surface area (Å²) in [6.45, 7) is 3.25. The lowest BCUT2D eigenvalue weighted by Crippen LogP contribution is -2.38. The third kappa shape index (κ3) is 3.38. The molecule has 1 aromatic carbocycles. The van der Waals surface area contributed by atoms with E-state index in [-0.39, 0.29) is 11.7 Å². The van der Waals surface area contributed by atoms with Gasteiger partial charge in [-0.3, -0.25) is 4.79 Å². The lowest BCUT2D eigenvalue weighted by Gasteiger charge is -2.23. The van der Waals surface area contributed by atoms with E-state index in [1.807, 2.05) is 0 Å². The van der Waals surface area contributed by atoms with E-state index < -0.39 is 11.8 Å². The van der Waals surface area contributed by atoms with Gasteiger partial charge in [0, 0.05) is 7.05 Å². The number of hydrogen-bond acceptors (Lipinski definition) is 2. The van der Waals surface area contributed by atoms with E-state index in [1.165, 1.54) is 25.2 Å². The molecule has 0 fully saturated rings. The van der Waals surface area contributed by atoms with Gasteiger partial charge in [-0.25, -0.2) is 0 Å². The first-order chi connectivity index (χ1) is 8.16. The van der Waals surface area contributed by atoms with Crippen molar-refractivity contribution in [3.05, 3.63) is 29.8 Å². The van der Waals surface area contributed by atoms with Gasteiger partial charge in [0.15, 0.2) is 0 Å². The molecule has 0 aliphatic heterocycles. The molecule has 6 heteroatoms. The van der Waals surface area contributed by atoms with Crippen LogP contribution in [0.4, 0.5) is 13.2 Å².